The molecule has 1 saturated heterocycles. The molecule has 3 rings (SSSR count). The summed E-state index contributed by atoms with van der Waals surface area (Å²) >= 11 is 0. The van der Waals surface area contributed by atoms with Crippen LogP contribution >= 0.6 is 0 Å². The highest BCUT2D eigenvalue weighted by molar-refractivity contribution is 5.30. The van der Waals surface area contributed by atoms with Crippen LogP contribution in [0.2, 0.25) is 0 Å². The zero-order valence-corrected chi connectivity index (χ0v) is 9.08. The van der Waals surface area contributed by atoms with Gasteiger partial charge in [0.15, 0.2) is 0 Å². The van der Waals surface area contributed by atoms with E-state index in [-0.39, 0.29) is 0 Å². The fraction of sp³-hybridized carbons (Fsp3) is 0.538. The first kappa shape index (κ1) is 9.37. The molecule has 1 aromatic rings. The second-order valence-corrected chi connectivity index (χ2v) is 4.79. The summed E-state index contributed by atoms with van der Waals surface area (Å²) in [5, 5.41) is 3.34. The molecule has 1 fully saturated rings. The fourth-order valence-electron chi connectivity index (χ4n) is 2.48. The SMILES string of the molecule is c1ccc2c(c1)CN(CCC1CNC1)C2. The first-order chi connectivity index (χ1) is 7.42. The Bertz CT molecular complexity index is 319. The molecule has 0 radical (unpaired) electrons. The maximum atomic E-state index is 3.34. The van der Waals surface area contributed by atoms with Crippen LogP contribution in [0.5, 0.6) is 0 Å². The summed E-state index contributed by atoms with van der Waals surface area (Å²) in [5.74, 6) is 0.939. The average Bonchev–Trinajstić information content (AvgIpc) is 2.57. The van der Waals surface area contributed by atoms with E-state index in [0.29, 0.717) is 0 Å². The summed E-state index contributed by atoms with van der Waals surface area (Å²) in [6.45, 7) is 6.06. The molecule has 0 unspecified atom stereocenters. The van der Waals surface area contributed by atoms with Gasteiger partial charge in [-0.2, -0.15) is 0 Å². The molecule has 15 heavy (non-hydrogen) atoms. The predicted octanol–water partition coefficient (Wildman–Crippen LogP) is 1.61. The maximum Gasteiger partial charge on any atom is 0.0240 e. The van der Waals surface area contributed by atoms with Crippen LogP contribution in [0, 0.1) is 5.92 Å². The van der Waals surface area contributed by atoms with E-state index in [1.54, 1.807) is 0 Å². The molecule has 0 atom stereocenters. The van der Waals surface area contributed by atoms with Gasteiger partial charge in [0, 0.05) is 13.1 Å². The van der Waals surface area contributed by atoms with Gasteiger partial charge in [-0.05, 0) is 43.1 Å². The van der Waals surface area contributed by atoms with Crippen molar-refractivity contribution >= 4 is 0 Å². The number of nitrogens with zero attached hydrogens (tertiary/aromatic N) is 1. The Hall–Kier alpha value is -0.860. The first-order valence-electron chi connectivity index (χ1n) is 5.91. The Morgan fingerprint density at radius 3 is 2.33 bits per heavy atom. The molecule has 0 aromatic heterocycles. The van der Waals surface area contributed by atoms with Gasteiger partial charge in [0.25, 0.3) is 0 Å². The molecule has 0 saturated carbocycles. The van der Waals surface area contributed by atoms with Crippen molar-refractivity contribution in [3.63, 3.8) is 0 Å². The zero-order valence-electron chi connectivity index (χ0n) is 9.08. The summed E-state index contributed by atoms with van der Waals surface area (Å²) in [6, 6.07) is 8.83. The smallest absolute Gasteiger partial charge is 0.0240 e. The molecule has 2 aliphatic heterocycles. The Kier molecular flexibility index (Phi) is 2.47. The van der Waals surface area contributed by atoms with Gasteiger partial charge in [0.1, 0.15) is 0 Å². The van der Waals surface area contributed by atoms with Crippen molar-refractivity contribution < 1.29 is 0 Å². The van der Waals surface area contributed by atoms with E-state index in [4.69, 9.17) is 0 Å². The molecule has 0 aliphatic carbocycles. The molecule has 0 amide bonds. The number of benzene rings is 1. The van der Waals surface area contributed by atoms with Crippen molar-refractivity contribution in [2.45, 2.75) is 19.5 Å². The second-order valence-electron chi connectivity index (χ2n) is 4.79. The summed E-state index contributed by atoms with van der Waals surface area (Å²) in [7, 11) is 0. The minimum atomic E-state index is 0.939. The molecule has 1 aromatic carbocycles. The van der Waals surface area contributed by atoms with E-state index in [2.05, 4.69) is 34.5 Å². The lowest BCUT2D eigenvalue weighted by Gasteiger charge is -2.28. The topological polar surface area (TPSA) is 15.3 Å². The Labute approximate surface area is 91.3 Å². The summed E-state index contributed by atoms with van der Waals surface area (Å²) in [4.78, 5) is 2.57. The van der Waals surface area contributed by atoms with Crippen molar-refractivity contribution in [2.24, 2.45) is 5.92 Å². The first-order valence-corrected chi connectivity index (χ1v) is 5.91. The van der Waals surface area contributed by atoms with E-state index in [1.807, 2.05) is 0 Å². The molecule has 0 spiro atoms. The lowest BCUT2D eigenvalue weighted by Crippen LogP contribution is -2.43. The van der Waals surface area contributed by atoms with Crippen LogP contribution in [0.25, 0.3) is 0 Å². The zero-order chi connectivity index (χ0) is 10.1. The van der Waals surface area contributed by atoms with E-state index in [9.17, 15) is 0 Å². The van der Waals surface area contributed by atoms with Gasteiger partial charge in [-0.25, -0.2) is 0 Å². The fourth-order valence-corrected chi connectivity index (χ4v) is 2.48. The normalized spacial score (nSPS) is 21.3. The lowest BCUT2D eigenvalue weighted by molar-refractivity contribution is 0.229. The third-order valence-corrected chi connectivity index (χ3v) is 3.63. The lowest BCUT2D eigenvalue weighted by atomic mass is 9.99. The van der Waals surface area contributed by atoms with Crippen LogP contribution in [0.4, 0.5) is 0 Å². The minimum absolute atomic E-state index is 0.939. The van der Waals surface area contributed by atoms with Crippen LogP contribution < -0.4 is 5.32 Å². The Morgan fingerprint density at radius 1 is 1.13 bits per heavy atom. The van der Waals surface area contributed by atoms with E-state index in [0.717, 1.165) is 19.0 Å². The van der Waals surface area contributed by atoms with Crippen molar-refractivity contribution in [1.82, 2.24) is 10.2 Å². The second kappa shape index (κ2) is 3.95. The molecule has 2 heteroatoms. The molecular formula is C13H18N2. The van der Waals surface area contributed by atoms with Crippen LogP contribution in [-0.4, -0.2) is 24.5 Å². The van der Waals surface area contributed by atoms with Crippen LogP contribution in [0.1, 0.15) is 17.5 Å². The molecular weight excluding hydrogens is 184 g/mol. The Balaban J connectivity index is 1.54. The molecule has 2 heterocycles. The van der Waals surface area contributed by atoms with Gasteiger partial charge >= 0.3 is 0 Å². The van der Waals surface area contributed by atoms with Crippen molar-refractivity contribution in [3.8, 4) is 0 Å². The third-order valence-electron chi connectivity index (χ3n) is 3.63. The largest absolute Gasteiger partial charge is 0.316 e. The molecule has 80 valence electrons. The third kappa shape index (κ3) is 1.92. The van der Waals surface area contributed by atoms with Crippen LogP contribution in [0.3, 0.4) is 0 Å². The van der Waals surface area contributed by atoms with Gasteiger partial charge in [-0.15, -0.1) is 0 Å². The van der Waals surface area contributed by atoms with Crippen LogP contribution in [0.15, 0.2) is 24.3 Å². The number of fused-ring (bicyclic) bond motifs is 1. The number of rotatable bonds is 3. The van der Waals surface area contributed by atoms with Crippen molar-refractivity contribution in [3.05, 3.63) is 35.4 Å². The molecule has 2 aliphatic rings. The maximum absolute atomic E-state index is 3.34. The van der Waals surface area contributed by atoms with Gasteiger partial charge < -0.3 is 5.32 Å². The quantitative estimate of drug-likeness (QED) is 0.801. The summed E-state index contributed by atoms with van der Waals surface area (Å²) in [6.07, 6.45) is 1.36. The van der Waals surface area contributed by atoms with Crippen molar-refractivity contribution in [2.75, 3.05) is 19.6 Å². The number of hydrogen-bond acceptors (Lipinski definition) is 2. The number of nitrogens with one attached hydrogen (secondary N) is 1. The monoisotopic (exact) mass is 202 g/mol. The van der Waals surface area contributed by atoms with Gasteiger partial charge in [-0.1, -0.05) is 24.3 Å². The minimum Gasteiger partial charge on any atom is -0.316 e. The van der Waals surface area contributed by atoms with E-state index >= 15 is 0 Å². The highest BCUT2D eigenvalue weighted by Crippen LogP contribution is 2.23. The standard InChI is InChI=1S/C13H18N2/c1-2-4-13-10-15(9-12(13)3-1)6-5-11-7-14-8-11/h1-4,11,14H,5-10H2. The molecule has 1 N–H and O–H groups in total. The van der Waals surface area contributed by atoms with Gasteiger partial charge in [0.05, 0.1) is 0 Å². The van der Waals surface area contributed by atoms with Gasteiger partial charge in [0.2, 0.25) is 0 Å². The van der Waals surface area contributed by atoms with Gasteiger partial charge in [-0.3, -0.25) is 4.90 Å². The molecule has 0 bridgehead atoms. The van der Waals surface area contributed by atoms with E-state index < -0.39 is 0 Å². The Morgan fingerprint density at radius 2 is 1.80 bits per heavy atom. The number of hydrogen-bond donors (Lipinski definition) is 1. The predicted molar refractivity (Wildman–Crippen MR) is 61.5 cm³/mol. The summed E-state index contributed by atoms with van der Waals surface area (Å²) in [5.41, 5.74) is 3.06. The van der Waals surface area contributed by atoms with E-state index in [1.165, 1.54) is 37.2 Å². The highest BCUT2D eigenvalue weighted by Gasteiger charge is 2.21. The highest BCUT2D eigenvalue weighted by atomic mass is 15.1. The summed E-state index contributed by atoms with van der Waals surface area (Å²) < 4.78 is 0. The molecule has 2 nitrogen and oxygen atoms in total. The van der Waals surface area contributed by atoms with Crippen LogP contribution in [-0.2, 0) is 13.1 Å². The van der Waals surface area contributed by atoms with Crippen molar-refractivity contribution in [1.29, 1.82) is 0 Å². The average molecular weight is 202 g/mol.